The van der Waals surface area contributed by atoms with Gasteiger partial charge in [-0.05, 0) is 56.4 Å². The first-order chi connectivity index (χ1) is 9.48. The van der Waals surface area contributed by atoms with E-state index in [1.54, 1.807) is 0 Å². The second-order valence-corrected chi connectivity index (χ2v) is 7.24. The fourth-order valence-electron chi connectivity index (χ4n) is 3.93. The molecule has 116 valence electrons. The van der Waals surface area contributed by atoms with E-state index in [2.05, 4.69) is 33.0 Å². The van der Waals surface area contributed by atoms with Crippen LogP contribution in [0.15, 0.2) is 0 Å². The van der Waals surface area contributed by atoms with Gasteiger partial charge in [-0.1, -0.05) is 34.1 Å². The summed E-state index contributed by atoms with van der Waals surface area (Å²) in [5, 5.41) is 3.39. The summed E-state index contributed by atoms with van der Waals surface area (Å²) >= 11 is 0. The van der Waals surface area contributed by atoms with E-state index < -0.39 is 5.54 Å². The molecule has 0 amide bonds. The van der Waals surface area contributed by atoms with E-state index in [-0.39, 0.29) is 12.1 Å². The van der Waals surface area contributed by atoms with Crippen LogP contribution in [0.2, 0.25) is 0 Å². The van der Waals surface area contributed by atoms with Gasteiger partial charge >= 0.3 is 5.97 Å². The van der Waals surface area contributed by atoms with Crippen molar-refractivity contribution in [3.63, 3.8) is 0 Å². The van der Waals surface area contributed by atoms with Crippen molar-refractivity contribution in [3.8, 4) is 0 Å². The Kier molecular flexibility index (Phi) is 5.11. The summed E-state index contributed by atoms with van der Waals surface area (Å²) in [6.07, 6.45) is 6.47. The summed E-state index contributed by atoms with van der Waals surface area (Å²) in [5.41, 5.74) is -0.401. The average Bonchev–Trinajstić information content (AvgIpc) is 2.88. The first kappa shape index (κ1) is 15.8. The maximum Gasteiger partial charge on any atom is 0.326 e. The van der Waals surface area contributed by atoms with Crippen LogP contribution in [-0.2, 0) is 9.53 Å². The summed E-state index contributed by atoms with van der Waals surface area (Å²) in [6, 6.07) is 0. The predicted octanol–water partition coefficient (Wildman–Crippen LogP) is 3.52. The minimum Gasteiger partial charge on any atom is -0.461 e. The Hall–Kier alpha value is -0.570. The van der Waals surface area contributed by atoms with Gasteiger partial charge in [-0.2, -0.15) is 0 Å². The van der Waals surface area contributed by atoms with Crippen LogP contribution in [0.3, 0.4) is 0 Å². The van der Waals surface area contributed by atoms with Gasteiger partial charge in [0, 0.05) is 0 Å². The predicted molar refractivity (Wildman–Crippen MR) is 81.5 cm³/mol. The summed E-state index contributed by atoms with van der Waals surface area (Å²) in [4.78, 5) is 12.7. The summed E-state index contributed by atoms with van der Waals surface area (Å²) in [5.74, 6) is 1.80. The van der Waals surface area contributed by atoms with E-state index in [1.165, 1.54) is 12.8 Å². The Labute approximate surface area is 123 Å². The van der Waals surface area contributed by atoms with Crippen LogP contribution in [0.1, 0.15) is 66.2 Å². The normalized spacial score (nSPS) is 38.1. The molecular weight excluding hydrogens is 250 g/mol. The lowest BCUT2D eigenvalue weighted by atomic mass is 9.75. The molecule has 2 rings (SSSR count). The van der Waals surface area contributed by atoms with Gasteiger partial charge in [0.25, 0.3) is 0 Å². The molecule has 1 saturated heterocycles. The van der Waals surface area contributed by atoms with Gasteiger partial charge < -0.3 is 10.1 Å². The molecule has 2 aliphatic rings. The van der Waals surface area contributed by atoms with Crippen LogP contribution in [0.4, 0.5) is 0 Å². The molecule has 1 aliphatic carbocycles. The molecule has 2 fully saturated rings. The smallest absolute Gasteiger partial charge is 0.326 e. The van der Waals surface area contributed by atoms with E-state index in [1.807, 2.05) is 0 Å². The minimum absolute atomic E-state index is 0.00208. The number of hydrogen-bond donors (Lipinski definition) is 1. The van der Waals surface area contributed by atoms with E-state index in [0.717, 1.165) is 32.2 Å². The summed E-state index contributed by atoms with van der Waals surface area (Å²) in [7, 11) is 0. The Morgan fingerprint density at radius 1 is 1.40 bits per heavy atom. The molecule has 3 heteroatoms. The van der Waals surface area contributed by atoms with Crippen LogP contribution in [0, 0.1) is 17.8 Å². The first-order valence-electron chi connectivity index (χ1n) is 8.44. The van der Waals surface area contributed by atoms with Gasteiger partial charge in [-0.3, -0.25) is 4.79 Å². The fraction of sp³-hybridized carbons (Fsp3) is 0.941. The maximum absolute atomic E-state index is 12.7. The molecule has 1 N–H and O–H groups in total. The van der Waals surface area contributed by atoms with Gasteiger partial charge in [-0.15, -0.1) is 0 Å². The highest BCUT2D eigenvalue weighted by Crippen LogP contribution is 2.36. The highest BCUT2D eigenvalue weighted by Gasteiger charge is 2.43. The standard InChI is InChI=1S/C17H31NO2/c1-5-17(9-6-10-18-17)16(19)20-15-11-13(4)7-8-14(15)12(2)3/h12-15,18H,5-11H2,1-4H3. The maximum atomic E-state index is 12.7. The fourth-order valence-corrected chi connectivity index (χ4v) is 3.93. The molecule has 0 spiro atoms. The van der Waals surface area contributed by atoms with Gasteiger partial charge in [0.05, 0.1) is 0 Å². The topological polar surface area (TPSA) is 38.3 Å². The number of rotatable bonds is 4. The van der Waals surface area contributed by atoms with Gasteiger partial charge in [0.2, 0.25) is 0 Å². The van der Waals surface area contributed by atoms with Gasteiger partial charge in [-0.25, -0.2) is 0 Å². The van der Waals surface area contributed by atoms with Crippen molar-refractivity contribution < 1.29 is 9.53 Å². The molecule has 0 aromatic carbocycles. The van der Waals surface area contributed by atoms with Crippen molar-refractivity contribution in [1.29, 1.82) is 0 Å². The highest BCUT2D eigenvalue weighted by molar-refractivity contribution is 5.81. The Morgan fingerprint density at radius 2 is 2.15 bits per heavy atom. The Morgan fingerprint density at radius 3 is 2.70 bits per heavy atom. The molecule has 0 aromatic heterocycles. The number of nitrogens with one attached hydrogen (secondary N) is 1. The second kappa shape index (κ2) is 6.46. The molecule has 20 heavy (non-hydrogen) atoms. The summed E-state index contributed by atoms with van der Waals surface area (Å²) in [6.45, 7) is 9.82. The molecule has 1 aliphatic heterocycles. The van der Waals surface area contributed by atoms with Crippen molar-refractivity contribution in [2.45, 2.75) is 77.9 Å². The van der Waals surface area contributed by atoms with E-state index in [4.69, 9.17) is 4.74 Å². The summed E-state index contributed by atoms with van der Waals surface area (Å²) < 4.78 is 6.01. The van der Waals surface area contributed by atoms with Crippen molar-refractivity contribution in [3.05, 3.63) is 0 Å². The van der Waals surface area contributed by atoms with E-state index in [9.17, 15) is 4.79 Å². The third kappa shape index (κ3) is 3.19. The number of ether oxygens (including phenoxy) is 1. The molecule has 4 unspecified atom stereocenters. The highest BCUT2D eigenvalue weighted by atomic mass is 16.5. The number of esters is 1. The van der Waals surface area contributed by atoms with E-state index in [0.29, 0.717) is 17.8 Å². The molecule has 0 radical (unpaired) electrons. The largest absolute Gasteiger partial charge is 0.461 e. The molecule has 0 aromatic rings. The number of hydrogen-bond acceptors (Lipinski definition) is 3. The lowest BCUT2D eigenvalue weighted by Crippen LogP contribution is -2.50. The Bertz CT molecular complexity index is 334. The zero-order valence-electron chi connectivity index (χ0n) is 13.6. The van der Waals surface area contributed by atoms with Crippen molar-refractivity contribution in [2.75, 3.05) is 6.54 Å². The lowest BCUT2D eigenvalue weighted by molar-refractivity contribution is -0.163. The van der Waals surface area contributed by atoms with Crippen molar-refractivity contribution in [1.82, 2.24) is 5.32 Å². The SMILES string of the molecule is CCC1(C(=O)OC2CC(C)CCC2C(C)C)CCCN1. The second-order valence-electron chi connectivity index (χ2n) is 7.24. The average molecular weight is 281 g/mol. The van der Waals surface area contributed by atoms with Crippen LogP contribution in [0.25, 0.3) is 0 Å². The molecule has 4 atom stereocenters. The molecule has 0 bridgehead atoms. The van der Waals surface area contributed by atoms with Gasteiger partial charge in [0.1, 0.15) is 11.6 Å². The molecule has 1 saturated carbocycles. The zero-order valence-corrected chi connectivity index (χ0v) is 13.6. The van der Waals surface area contributed by atoms with E-state index >= 15 is 0 Å². The molecular formula is C17H31NO2. The minimum atomic E-state index is -0.401. The van der Waals surface area contributed by atoms with Crippen LogP contribution in [-0.4, -0.2) is 24.2 Å². The Balaban J connectivity index is 2.03. The van der Waals surface area contributed by atoms with Crippen LogP contribution >= 0.6 is 0 Å². The zero-order chi connectivity index (χ0) is 14.8. The van der Waals surface area contributed by atoms with Crippen LogP contribution < -0.4 is 5.32 Å². The number of carbonyl (C=O) groups is 1. The molecule has 3 nitrogen and oxygen atoms in total. The number of carbonyl (C=O) groups excluding carboxylic acids is 1. The quantitative estimate of drug-likeness (QED) is 0.801. The van der Waals surface area contributed by atoms with Crippen molar-refractivity contribution >= 4 is 5.97 Å². The monoisotopic (exact) mass is 281 g/mol. The van der Waals surface area contributed by atoms with Crippen LogP contribution in [0.5, 0.6) is 0 Å². The van der Waals surface area contributed by atoms with Gasteiger partial charge in [0.15, 0.2) is 0 Å². The first-order valence-corrected chi connectivity index (χ1v) is 8.44. The molecule has 1 heterocycles. The lowest BCUT2D eigenvalue weighted by Gasteiger charge is -2.38. The van der Waals surface area contributed by atoms with Crippen molar-refractivity contribution in [2.24, 2.45) is 17.8 Å². The third-order valence-electron chi connectivity index (χ3n) is 5.46. The third-order valence-corrected chi connectivity index (χ3v) is 5.46.